The van der Waals surface area contributed by atoms with Crippen molar-refractivity contribution in [1.82, 2.24) is 5.32 Å². The van der Waals surface area contributed by atoms with Crippen molar-refractivity contribution < 1.29 is 22.8 Å². The molecule has 132 valence electrons. The number of benzene rings is 1. The second kappa shape index (κ2) is 7.68. The zero-order chi connectivity index (χ0) is 17.7. The van der Waals surface area contributed by atoms with E-state index in [0.717, 1.165) is 38.2 Å². The number of carbonyl (C=O) groups is 2. The monoisotopic (exact) mass is 342 g/mol. The number of hydrogen-bond acceptors (Lipinski definition) is 2. The first-order chi connectivity index (χ1) is 11.3. The third kappa shape index (κ3) is 4.72. The molecule has 1 aliphatic rings. The molecule has 2 amide bonds. The van der Waals surface area contributed by atoms with Gasteiger partial charge in [0.1, 0.15) is 6.04 Å². The molecule has 0 saturated heterocycles. The van der Waals surface area contributed by atoms with E-state index in [1.165, 1.54) is 18.2 Å². The van der Waals surface area contributed by atoms with E-state index < -0.39 is 23.7 Å². The fourth-order valence-electron chi connectivity index (χ4n) is 3.07. The number of primary amides is 1. The first-order valence-electron chi connectivity index (χ1n) is 8.04. The minimum Gasteiger partial charge on any atom is -0.368 e. The van der Waals surface area contributed by atoms with E-state index in [2.05, 4.69) is 5.32 Å². The van der Waals surface area contributed by atoms with E-state index in [4.69, 9.17) is 5.73 Å². The summed E-state index contributed by atoms with van der Waals surface area (Å²) in [6.45, 7) is 0. The molecule has 0 unspecified atom stereocenters. The van der Waals surface area contributed by atoms with Crippen LogP contribution in [0.15, 0.2) is 24.3 Å². The van der Waals surface area contributed by atoms with Crippen LogP contribution in [0.25, 0.3) is 0 Å². The highest BCUT2D eigenvalue weighted by molar-refractivity contribution is 5.87. The maximum absolute atomic E-state index is 13.0. The van der Waals surface area contributed by atoms with E-state index in [-0.39, 0.29) is 23.8 Å². The zero-order valence-corrected chi connectivity index (χ0v) is 13.2. The molecule has 0 aromatic heterocycles. The molecule has 1 saturated carbocycles. The number of amides is 2. The van der Waals surface area contributed by atoms with E-state index in [1.54, 1.807) is 0 Å². The Morgan fingerprint density at radius 2 is 1.79 bits per heavy atom. The van der Waals surface area contributed by atoms with E-state index in [0.29, 0.717) is 0 Å². The van der Waals surface area contributed by atoms with E-state index in [9.17, 15) is 22.8 Å². The molecule has 0 spiro atoms. The normalized spacial score (nSPS) is 17.3. The van der Waals surface area contributed by atoms with Gasteiger partial charge in [-0.05, 0) is 24.5 Å². The Labute approximate surface area is 138 Å². The van der Waals surface area contributed by atoms with Gasteiger partial charge in [-0.2, -0.15) is 13.2 Å². The molecule has 0 bridgehead atoms. The molecule has 1 aromatic rings. The van der Waals surface area contributed by atoms with Crippen LogP contribution in [0.1, 0.15) is 43.2 Å². The lowest BCUT2D eigenvalue weighted by atomic mass is 9.88. The summed E-state index contributed by atoms with van der Waals surface area (Å²) < 4.78 is 39.1. The number of hydrogen-bond donors (Lipinski definition) is 2. The summed E-state index contributed by atoms with van der Waals surface area (Å²) in [5.74, 6) is -1.34. The molecule has 2 rings (SSSR count). The molecular weight excluding hydrogens is 321 g/mol. The maximum Gasteiger partial charge on any atom is 0.416 e. The Balaban J connectivity index is 2.12. The Kier molecular flexibility index (Phi) is 5.85. The largest absolute Gasteiger partial charge is 0.416 e. The van der Waals surface area contributed by atoms with Crippen molar-refractivity contribution in [3.05, 3.63) is 35.4 Å². The van der Waals surface area contributed by atoms with Crippen molar-refractivity contribution in [3.63, 3.8) is 0 Å². The quantitative estimate of drug-likeness (QED) is 0.864. The number of nitrogens with one attached hydrogen (secondary N) is 1. The first-order valence-corrected chi connectivity index (χ1v) is 8.04. The maximum atomic E-state index is 13.0. The standard InChI is InChI=1S/C17H21F3N2O2/c18-17(19,20)13-9-5-4-8-12(13)10-14(15(21)23)22-16(24)11-6-2-1-3-7-11/h4-5,8-9,11,14H,1-3,6-7,10H2,(H2,21,23)(H,22,24)/t14-/m0/s1. The molecule has 7 heteroatoms. The number of carbonyl (C=O) groups excluding carboxylic acids is 2. The Hall–Kier alpha value is -2.05. The average Bonchev–Trinajstić information content (AvgIpc) is 2.54. The third-order valence-corrected chi connectivity index (χ3v) is 4.38. The average molecular weight is 342 g/mol. The van der Waals surface area contributed by atoms with Gasteiger partial charge in [-0.15, -0.1) is 0 Å². The van der Waals surface area contributed by atoms with Crippen molar-refractivity contribution >= 4 is 11.8 Å². The summed E-state index contributed by atoms with van der Waals surface area (Å²) in [5, 5.41) is 2.53. The summed E-state index contributed by atoms with van der Waals surface area (Å²) in [5.41, 5.74) is 4.41. The number of rotatable bonds is 5. The Morgan fingerprint density at radius 1 is 1.17 bits per heavy atom. The van der Waals surface area contributed by atoms with Crippen LogP contribution < -0.4 is 11.1 Å². The van der Waals surface area contributed by atoms with Crippen LogP contribution >= 0.6 is 0 Å². The predicted octanol–water partition coefficient (Wildman–Crippen LogP) is 2.80. The third-order valence-electron chi connectivity index (χ3n) is 4.38. The van der Waals surface area contributed by atoms with Gasteiger partial charge in [0.15, 0.2) is 0 Å². The number of nitrogens with two attached hydrogens (primary N) is 1. The Morgan fingerprint density at radius 3 is 2.38 bits per heavy atom. The lowest BCUT2D eigenvalue weighted by Crippen LogP contribution is -2.48. The van der Waals surface area contributed by atoms with Crippen LogP contribution in [-0.4, -0.2) is 17.9 Å². The van der Waals surface area contributed by atoms with Crippen LogP contribution in [0.4, 0.5) is 13.2 Å². The second-order valence-corrected chi connectivity index (χ2v) is 6.16. The first kappa shape index (κ1) is 18.3. The summed E-state index contributed by atoms with van der Waals surface area (Å²) in [6, 6.07) is 3.85. The fourth-order valence-corrected chi connectivity index (χ4v) is 3.07. The van der Waals surface area contributed by atoms with Gasteiger partial charge < -0.3 is 11.1 Å². The summed E-state index contributed by atoms with van der Waals surface area (Å²) in [7, 11) is 0. The SMILES string of the molecule is NC(=O)[C@H](Cc1ccccc1C(F)(F)F)NC(=O)C1CCCCC1. The highest BCUT2D eigenvalue weighted by Crippen LogP contribution is 2.32. The molecule has 0 heterocycles. The number of alkyl halides is 3. The predicted molar refractivity (Wildman–Crippen MR) is 82.8 cm³/mol. The highest BCUT2D eigenvalue weighted by Gasteiger charge is 2.34. The van der Waals surface area contributed by atoms with Crippen LogP contribution in [-0.2, 0) is 22.2 Å². The Bertz CT molecular complexity index is 596. The van der Waals surface area contributed by atoms with Crippen molar-refractivity contribution in [2.75, 3.05) is 0 Å². The second-order valence-electron chi connectivity index (χ2n) is 6.16. The van der Waals surface area contributed by atoms with E-state index in [1.807, 2.05) is 0 Å². The van der Waals surface area contributed by atoms with Crippen molar-refractivity contribution in [1.29, 1.82) is 0 Å². The molecule has 1 aliphatic carbocycles. The number of halogens is 3. The molecule has 1 aromatic carbocycles. The molecule has 3 N–H and O–H groups in total. The van der Waals surface area contributed by atoms with Crippen molar-refractivity contribution in [2.45, 2.75) is 50.7 Å². The van der Waals surface area contributed by atoms with Crippen LogP contribution in [0.3, 0.4) is 0 Å². The lowest BCUT2D eigenvalue weighted by molar-refractivity contribution is -0.138. The van der Waals surface area contributed by atoms with Crippen LogP contribution in [0, 0.1) is 5.92 Å². The fraction of sp³-hybridized carbons (Fsp3) is 0.529. The molecule has 4 nitrogen and oxygen atoms in total. The van der Waals surface area contributed by atoms with Crippen molar-refractivity contribution in [2.24, 2.45) is 11.7 Å². The van der Waals surface area contributed by atoms with Crippen LogP contribution in [0.2, 0.25) is 0 Å². The van der Waals surface area contributed by atoms with Gasteiger partial charge in [0.25, 0.3) is 0 Å². The lowest BCUT2D eigenvalue weighted by Gasteiger charge is -2.24. The smallest absolute Gasteiger partial charge is 0.368 e. The molecule has 0 aliphatic heterocycles. The molecule has 0 radical (unpaired) electrons. The molecule has 1 fully saturated rings. The minimum absolute atomic E-state index is 0.0576. The van der Waals surface area contributed by atoms with Gasteiger partial charge >= 0.3 is 6.18 Å². The summed E-state index contributed by atoms with van der Waals surface area (Å²) in [4.78, 5) is 23.9. The molecule has 1 atom stereocenters. The van der Waals surface area contributed by atoms with Gasteiger partial charge in [-0.25, -0.2) is 0 Å². The minimum atomic E-state index is -4.52. The van der Waals surface area contributed by atoms with Gasteiger partial charge in [-0.1, -0.05) is 37.5 Å². The van der Waals surface area contributed by atoms with Gasteiger partial charge in [-0.3, -0.25) is 9.59 Å². The van der Waals surface area contributed by atoms with Gasteiger partial charge in [0, 0.05) is 12.3 Å². The van der Waals surface area contributed by atoms with Crippen molar-refractivity contribution in [3.8, 4) is 0 Å². The van der Waals surface area contributed by atoms with Gasteiger partial charge in [0.2, 0.25) is 11.8 Å². The molecule has 24 heavy (non-hydrogen) atoms. The summed E-state index contributed by atoms with van der Waals surface area (Å²) >= 11 is 0. The molecular formula is C17H21F3N2O2. The van der Waals surface area contributed by atoms with Crippen LogP contribution in [0.5, 0.6) is 0 Å². The van der Waals surface area contributed by atoms with Gasteiger partial charge in [0.05, 0.1) is 5.56 Å². The topological polar surface area (TPSA) is 72.2 Å². The summed E-state index contributed by atoms with van der Waals surface area (Å²) in [6.07, 6.45) is -0.378. The zero-order valence-electron chi connectivity index (χ0n) is 13.2. The highest BCUT2D eigenvalue weighted by atomic mass is 19.4. The van der Waals surface area contributed by atoms with E-state index >= 15 is 0 Å².